The van der Waals surface area contributed by atoms with Gasteiger partial charge in [0.15, 0.2) is 11.6 Å². The average Bonchev–Trinajstić information content (AvgIpc) is 2.81. The number of benzene rings is 1. The van der Waals surface area contributed by atoms with Gasteiger partial charge in [-0.15, -0.1) is 0 Å². The highest BCUT2D eigenvalue weighted by molar-refractivity contribution is 6.35. The molecule has 1 fully saturated rings. The monoisotopic (exact) mass is 530 g/mol. The predicted octanol–water partition coefficient (Wildman–Crippen LogP) is 5.64. The zero-order chi connectivity index (χ0) is 26.0. The average molecular weight is 531 g/mol. The lowest BCUT2D eigenvalue weighted by Gasteiger charge is -2.49. The van der Waals surface area contributed by atoms with E-state index < -0.39 is 11.9 Å². The van der Waals surface area contributed by atoms with Gasteiger partial charge in [0, 0.05) is 54.1 Å². The molecule has 190 valence electrons. The van der Waals surface area contributed by atoms with E-state index in [1.165, 1.54) is 24.7 Å². The topological polar surface area (TPSA) is 100 Å². The molecule has 1 aliphatic heterocycles. The molecule has 0 aliphatic carbocycles. The number of nitrogens with zero attached hydrogens (tertiary/aromatic N) is 3. The number of ether oxygens (including phenoxy) is 1. The van der Waals surface area contributed by atoms with Crippen molar-refractivity contribution in [1.29, 1.82) is 5.41 Å². The molecule has 4 rings (SSSR count). The molecule has 3 aromatic rings. The Bertz CT molecular complexity index is 1260. The molecule has 1 saturated heterocycles. The van der Waals surface area contributed by atoms with E-state index in [-0.39, 0.29) is 17.1 Å². The molecule has 7 nitrogen and oxygen atoms in total. The fourth-order valence-electron chi connectivity index (χ4n) is 4.34. The number of hydrogen-bond acceptors (Lipinski definition) is 7. The van der Waals surface area contributed by atoms with E-state index in [4.69, 9.17) is 39.1 Å². The first kappa shape index (κ1) is 26.1. The van der Waals surface area contributed by atoms with Crippen molar-refractivity contribution in [3.05, 3.63) is 75.4 Å². The van der Waals surface area contributed by atoms with Crippen LogP contribution in [0.2, 0.25) is 10.0 Å². The Hall–Kier alpha value is -2.94. The minimum absolute atomic E-state index is 0.0431. The summed E-state index contributed by atoms with van der Waals surface area (Å²) in [7, 11) is 0. The lowest BCUT2D eigenvalue weighted by atomic mass is 9.92. The number of nitrogens with one attached hydrogen (secondary N) is 2. The van der Waals surface area contributed by atoms with Crippen LogP contribution >= 0.6 is 23.2 Å². The van der Waals surface area contributed by atoms with Crippen LogP contribution in [0.3, 0.4) is 0 Å². The maximum atomic E-state index is 15.0. The fraction of sp³-hybridized carbons (Fsp3) is 0.346. The van der Waals surface area contributed by atoms with Crippen molar-refractivity contribution < 1.29 is 9.13 Å². The highest BCUT2D eigenvalue weighted by Gasteiger charge is 2.39. The van der Waals surface area contributed by atoms with E-state index in [1.807, 2.05) is 11.8 Å². The lowest BCUT2D eigenvalue weighted by molar-refractivity contribution is 0.227. The van der Waals surface area contributed by atoms with Crippen molar-refractivity contribution in [3.63, 3.8) is 0 Å². The zero-order valence-corrected chi connectivity index (χ0v) is 21.9. The summed E-state index contributed by atoms with van der Waals surface area (Å²) in [5.74, 6) is 0.272. The second-order valence-corrected chi connectivity index (χ2v) is 10.1. The van der Waals surface area contributed by atoms with E-state index in [2.05, 4.69) is 29.1 Å². The van der Waals surface area contributed by atoms with Crippen molar-refractivity contribution in [2.24, 2.45) is 0 Å². The van der Waals surface area contributed by atoms with Crippen LogP contribution in [0, 0.1) is 11.2 Å². The summed E-state index contributed by atoms with van der Waals surface area (Å²) in [6.45, 7) is 8.31. The summed E-state index contributed by atoms with van der Waals surface area (Å²) in [4.78, 5) is 10.2. The maximum Gasteiger partial charge on any atom is 0.166 e. The Morgan fingerprint density at radius 3 is 2.58 bits per heavy atom. The van der Waals surface area contributed by atoms with Crippen LogP contribution in [0.1, 0.15) is 50.0 Å². The standard InChI is InChI=1S/C26H29Cl2FN6O/c1-4-7-34-26(3)13-35(14-26)25-21(29)8-16(10-33-25)24(31)18-9-17(5-6-22(18)30)36-15(2)23-19(27)11-32-12-20(23)28/h5-6,8-12,15,31,34H,4,7,13-14,30H2,1-3H3/t15-/m1/s1. The summed E-state index contributed by atoms with van der Waals surface area (Å²) in [5.41, 5.74) is 7.85. The first-order valence-electron chi connectivity index (χ1n) is 11.7. The first-order chi connectivity index (χ1) is 17.1. The van der Waals surface area contributed by atoms with Gasteiger partial charge >= 0.3 is 0 Å². The third kappa shape index (κ3) is 5.40. The number of pyridine rings is 2. The van der Waals surface area contributed by atoms with Gasteiger partial charge < -0.3 is 20.7 Å². The normalized spacial score (nSPS) is 15.3. The Kier molecular flexibility index (Phi) is 7.68. The summed E-state index contributed by atoms with van der Waals surface area (Å²) in [6.07, 6.45) is 5.06. The van der Waals surface area contributed by atoms with E-state index in [0.29, 0.717) is 51.3 Å². The van der Waals surface area contributed by atoms with Crippen LogP contribution < -0.4 is 20.7 Å². The molecule has 1 atom stereocenters. The number of rotatable bonds is 9. The summed E-state index contributed by atoms with van der Waals surface area (Å²) in [6, 6.07) is 6.31. The third-order valence-corrected chi connectivity index (χ3v) is 6.80. The fourth-order valence-corrected chi connectivity index (χ4v) is 5.01. The second kappa shape index (κ2) is 10.6. The number of hydrogen-bond donors (Lipinski definition) is 3. The SMILES string of the molecule is CCCNC1(C)CN(c2ncc(C(=N)c3cc(O[C@H](C)c4c(Cl)cncc4Cl)ccc3N)cc2F)C1. The molecule has 0 bridgehead atoms. The molecule has 0 spiro atoms. The molecule has 1 aromatic carbocycles. The van der Waals surface area contributed by atoms with E-state index in [9.17, 15) is 0 Å². The largest absolute Gasteiger partial charge is 0.486 e. The van der Waals surface area contributed by atoms with Crippen molar-refractivity contribution in [2.75, 3.05) is 30.3 Å². The van der Waals surface area contributed by atoms with Crippen LogP contribution in [-0.4, -0.2) is 40.9 Å². The first-order valence-corrected chi connectivity index (χ1v) is 12.5. The maximum absolute atomic E-state index is 15.0. The summed E-state index contributed by atoms with van der Waals surface area (Å²) < 4.78 is 21.0. The smallest absolute Gasteiger partial charge is 0.166 e. The Morgan fingerprint density at radius 2 is 1.94 bits per heavy atom. The van der Waals surface area contributed by atoms with Gasteiger partial charge in [0.2, 0.25) is 0 Å². The second-order valence-electron chi connectivity index (χ2n) is 9.27. The van der Waals surface area contributed by atoms with Crippen LogP contribution in [0.15, 0.2) is 42.9 Å². The Morgan fingerprint density at radius 1 is 1.25 bits per heavy atom. The number of halogens is 3. The molecule has 4 N–H and O–H groups in total. The number of anilines is 2. The van der Waals surface area contributed by atoms with Crippen LogP contribution in [-0.2, 0) is 0 Å². The van der Waals surface area contributed by atoms with Gasteiger partial charge in [-0.3, -0.25) is 10.4 Å². The van der Waals surface area contributed by atoms with E-state index in [0.717, 1.165) is 13.0 Å². The van der Waals surface area contributed by atoms with Crippen molar-refractivity contribution in [3.8, 4) is 5.75 Å². The molecular formula is C26H29Cl2FN6O. The molecule has 3 heterocycles. The number of aromatic nitrogens is 2. The lowest BCUT2D eigenvalue weighted by Crippen LogP contribution is -2.68. The van der Waals surface area contributed by atoms with Gasteiger partial charge in [-0.05, 0) is 51.1 Å². The molecule has 0 radical (unpaired) electrons. The van der Waals surface area contributed by atoms with Gasteiger partial charge in [0.1, 0.15) is 11.9 Å². The molecule has 0 saturated carbocycles. The summed E-state index contributed by atoms with van der Waals surface area (Å²) >= 11 is 12.5. The minimum atomic E-state index is -0.480. The highest BCUT2D eigenvalue weighted by Crippen LogP contribution is 2.34. The van der Waals surface area contributed by atoms with Crippen LogP contribution in [0.5, 0.6) is 5.75 Å². The van der Waals surface area contributed by atoms with Crippen molar-refractivity contribution >= 4 is 40.4 Å². The van der Waals surface area contributed by atoms with Gasteiger partial charge in [-0.1, -0.05) is 30.1 Å². The molecule has 0 unspecified atom stereocenters. The number of nitrogen functional groups attached to an aromatic ring is 1. The molecule has 1 aliphatic rings. The third-order valence-electron chi connectivity index (χ3n) is 6.20. The molecule has 36 heavy (non-hydrogen) atoms. The van der Waals surface area contributed by atoms with Gasteiger partial charge in [0.25, 0.3) is 0 Å². The Balaban J connectivity index is 1.51. The molecular weight excluding hydrogens is 502 g/mol. The van der Waals surface area contributed by atoms with E-state index in [1.54, 1.807) is 18.2 Å². The van der Waals surface area contributed by atoms with Gasteiger partial charge in [0.05, 0.1) is 21.3 Å². The minimum Gasteiger partial charge on any atom is -0.486 e. The Labute approximate surface area is 220 Å². The van der Waals surface area contributed by atoms with Crippen LogP contribution in [0.25, 0.3) is 0 Å². The number of nitrogens with two attached hydrogens (primary N) is 1. The summed E-state index contributed by atoms with van der Waals surface area (Å²) in [5, 5.41) is 13.0. The predicted molar refractivity (Wildman–Crippen MR) is 143 cm³/mol. The molecule has 10 heteroatoms. The molecule has 2 aromatic heterocycles. The van der Waals surface area contributed by atoms with Gasteiger partial charge in [-0.2, -0.15) is 0 Å². The quantitative estimate of drug-likeness (QED) is 0.244. The van der Waals surface area contributed by atoms with Crippen molar-refractivity contribution in [2.45, 2.75) is 38.8 Å². The van der Waals surface area contributed by atoms with Crippen molar-refractivity contribution in [1.82, 2.24) is 15.3 Å². The molecule has 0 amide bonds. The van der Waals surface area contributed by atoms with Gasteiger partial charge in [-0.25, -0.2) is 9.37 Å². The zero-order valence-electron chi connectivity index (χ0n) is 20.4. The van der Waals surface area contributed by atoms with Crippen LogP contribution in [0.4, 0.5) is 15.9 Å². The highest BCUT2D eigenvalue weighted by atomic mass is 35.5. The van der Waals surface area contributed by atoms with E-state index >= 15 is 4.39 Å².